The highest BCUT2D eigenvalue weighted by Gasteiger charge is 2.24. The van der Waals surface area contributed by atoms with Gasteiger partial charge >= 0.3 is 0 Å². The van der Waals surface area contributed by atoms with Crippen molar-refractivity contribution in [3.8, 4) is 122 Å². The first-order chi connectivity index (χ1) is 60.5. The molecule has 0 bridgehead atoms. The zero-order chi connectivity index (χ0) is 81.1. The topological polar surface area (TPSA) is 26.3 Å². The summed E-state index contributed by atoms with van der Waals surface area (Å²) in [5.74, 6) is 0.0508. The zero-order valence-electron chi connectivity index (χ0n) is 67.2. The normalized spacial score (nSPS) is 11.6. The lowest BCUT2D eigenvalue weighted by atomic mass is 9.80. The summed E-state index contributed by atoms with van der Waals surface area (Å²) < 4.78 is 12.2. The maximum Gasteiger partial charge on any atom is 0.135 e. The van der Waals surface area contributed by atoms with Gasteiger partial charge in [0.25, 0.3) is 0 Å². The van der Waals surface area contributed by atoms with Crippen molar-refractivity contribution in [1.29, 1.82) is 0 Å². The standard InChI is InChI=1S/C61H42O.C59H40O/c1-3-14-43(15-4-1)53-20-7-9-22-55(53)45-28-34-48(35-29-45)61(49-36-30-46(31-37-49)56-23-10-8-21-54(56)44-16-5-2-6-17-44)47-32-26-42(27-33-47)50-18-13-19-51(40-50)52-38-39-60-58(41-52)57-24-11-12-25-59(57)62-60;1-3-12-40(13-4-1)41-22-24-42(25-23-41)43-26-30-46(31-27-43)59(55-36-35-51(45-14-5-2-6-15-45)52-18-7-8-19-53(52)55)47-32-28-44(29-33-47)48-16-11-17-49(38-48)50-34-37-58-56(39-50)54-20-9-10-21-57(54)60-58/h1-41,61H;1-39,59H. The van der Waals surface area contributed by atoms with Crippen LogP contribution in [0.1, 0.15) is 45.2 Å². The van der Waals surface area contributed by atoms with E-state index in [9.17, 15) is 0 Å². The minimum Gasteiger partial charge on any atom is -0.456 e. The van der Waals surface area contributed by atoms with Crippen LogP contribution in [0.3, 0.4) is 0 Å². The molecule has 22 aromatic rings. The van der Waals surface area contributed by atoms with Gasteiger partial charge in [-0.05, 0) is 215 Å². The monoisotopic (exact) mass is 1550 g/mol. The third kappa shape index (κ3) is 14.8. The average molecular weight is 1560 g/mol. The molecule has 2 nitrogen and oxygen atoms in total. The Morgan fingerprint density at radius 2 is 0.361 bits per heavy atom. The fraction of sp³-hybridized carbons (Fsp3) is 0.0167. The second-order valence-corrected chi connectivity index (χ2v) is 31.6. The Bertz CT molecular complexity index is 7350. The lowest BCUT2D eigenvalue weighted by Crippen LogP contribution is -2.05. The summed E-state index contributed by atoms with van der Waals surface area (Å²) in [7, 11) is 0. The van der Waals surface area contributed by atoms with Crippen LogP contribution in [-0.2, 0) is 0 Å². The summed E-state index contributed by atoms with van der Waals surface area (Å²) in [4.78, 5) is 0. The van der Waals surface area contributed by atoms with Gasteiger partial charge in [-0.3, -0.25) is 0 Å². The Hall–Kier alpha value is -15.7. The van der Waals surface area contributed by atoms with Crippen molar-refractivity contribution >= 4 is 54.6 Å². The van der Waals surface area contributed by atoms with Crippen LogP contribution in [0, 0.1) is 0 Å². The molecule has 0 radical (unpaired) electrons. The molecule has 20 aromatic carbocycles. The predicted octanol–water partition coefficient (Wildman–Crippen LogP) is 33.0. The molecule has 2 heterocycles. The van der Waals surface area contributed by atoms with E-state index in [0.29, 0.717) is 0 Å². The van der Waals surface area contributed by atoms with Gasteiger partial charge in [-0.1, -0.05) is 437 Å². The van der Waals surface area contributed by atoms with Crippen LogP contribution in [0.5, 0.6) is 0 Å². The van der Waals surface area contributed by atoms with Crippen molar-refractivity contribution in [2.45, 2.75) is 11.8 Å². The van der Waals surface area contributed by atoms with Gasteiger partial charge in [-0.2, -0.15) is 0 Å². The smallest absolute Gasteiger partial charge is 0.135 e. The minimum absolute atomic E-state index is 0.0196. The molecule has 0 amide bonds. The number of benzene rings is 20. The lowest BCUT2D eigenvalue weighted by molar-refractivity contribution is 0.668. The second-order valence-electron chi connectivity index (χ2n) is 31.6. The van der Waals surface area contributed by atoms with E-state index in [1.165, 1.54) is 167 Å². The molecule has 574 valence electrons. The molecule has 0 aliphatic heterocycles. The third-order valence-electron chi connectivity index (χ3n) is 24.4. The second kappa shape index (κ2) is 33.0. The number of hydrogen-bond donors (Lipinski definition) is 0. The largest absolute Gasteiger partial charge is 0.456 e. The van der Waals surface area contributed by atoms with Crippen LogP contribution in [0.15, 0.2) is 494 Å². The van der Waals surface area contributed by atoms with Gasteiger partial charge in [0.2, 0.25) is 0 Å². The summed E-state index contributed by atoms with van der Waals surface area (Å²) in [6.07, 6.45) is 0. The fourth-order valence-electron chi connectivity index (χ4n) is 18.1. The SMILES string of the molecule is c1ccc(-c2ccc(-c3ccc(C(c4ccc(-c5cccc(-c6ccc7oc8ccccc8c7c6)c5)cc4)c4ccc(-c5ccccc5)c5ccccc45)cc3)cc2)cc1.c1ccc(-c2ccccc2-c2ccc(C(c3ccc(-c4cccc(-c5ccc6oc7ccccc7c6c5)c4)cc3)c3ccc(-c4ccccc4-c4ccccc4)cc3)cc2)cc1. The molecule has 2 heteroatoms. The van der Waals surface area contributed by atoms with E-state index in [-0.39, 0.29) is 11.8 Å². The quantitative estimate of drug-likeness (QED) is 0.0850. The maximum atomic E-state index is 6.13. The highest BCUT2D eigenvalue weighted by molar-refractivity contribution is 6.08. The Kier molecular flexibility index (Phi) is 20.0. The van der Waals surface area contributed by atoms with E-state index in [1.54, 1.807) is 0 Å². The van der Waals surface area contributed by atoms with Crippen LogP contribution in [0.2, 0.25) is 0 Å². The van der Waals surface area contributed by atoms with Gasteiger partial charge in [0.05, 0.1) is 0 Å². The number of para-hydroxylation sites is 2. The van der Waals surface area contributed by atoms with Crippen LogP contribution in [-0.4, -0.2) is 0 Å². The molecule has 122 heavy (non-hydrogen) atoms. The molecular weight excluding hydrogens is 1470 g/mol. The van der Waals surface area contributed by atoms with Crippen molar-refractivity contribution in [3.05, 3.63) is 519 Å². The highest BCUT2D eigenvalue weighted by atomic mass is 16.3. The molecule has 0 spiro atoms. The zero-order valence-corrected chi connectivity index (χ0v) is 67.2. The van der Waals surface area contributed by atoms with Crippen molar-refractivity contribution in [3.63, 3.8) is 0 Å². The van der Waals surface area contributed by atoms with Crippen molar-refractivity contribution in [2.75, 3.05) is 0 Å². The molecule has 0 aliphatic carbocycles. The first kappa shape index (κ1) is 73.9. The summed E-state index contributed by atoms with van der Waals surface area (Å²) in [6.45, 7) is 0. The molecule has 22 rings (SSSR count). The predicted molar refractivity (Wildman–Crippen MR) is 512 cm³/mol. The van der Waals surface area contributed by atoms with Gasteiger partial charge in [0.15, 0.2) is 0 Å². The molecule has 1 atom stereocenters. The molecule has 0 saturated heterocycles. The molecule has 0 fully saturated rings. The number of rotatable bonds is 17. The Balaban J connectivity index is 0.000000150. The van der Waals surface area contributed by atoms with E-state index in [1.807, 2.05) is 24.3 Å². The fourth-order valence-corrected chi connectivity index (χ4v) is 18.1. The molecular formula is C120H82O2. The molecule has 0 saturated carbocycles. The maximum absolute atomic E-state index is 6.13. The van der Waals surface area contributed by atoms with Crippen LogP contribution in [0.4, 0.5) is 0 Å². The molecule has 2 aromatic heterocycles. The molecule has 0 N–H and O–H groups in total. The van der Waals surface area contributed by atoms with Gasteiger partial charge in [0, 0.05) is 33.4 Å². The number of fused-ring (bicyclic) bond motifs is 7. The van der Waals surface area contributed by atoms with Crippen LogP contribution in [0.25, 0.3) is 177 Å². The summed E-state index contributed by atoms with van der Waals surface area (Å²) in [6, 6.07) is 176. The summed E-state index contributed by atoms with van der Waals surface area (Å²) >= 11 is 0. The number of furan rings is 2. The Morgan fingerprint density at radius 1 is 0.123 bits per heavy atom. The van der Waals surface area contributed by atoms with Crippen molar-refractivity contribution in [2.24, 2.45) is 0 Å². The van der Waals surface area contributed by atoms with E-state index in [2.05, 4.69) is 461 Å². The highest BCUT2D eigenvalue weighted by Crippen LogP contribution is 2.45. The van der Waals surface area contributed by atoms with Crippen LogP contribution < -0.4 is 0 Å². The Morgan fingerprint density at radius 3 is 0.746 bits per heavy atom. The Labute approximate surface area is 711 Å². The van der Waals surface area contributed by atoms with E-state index >= 15 is 0 Å². The summed E-state index contributed by atoms with van der Waals surface area (Å²) in [5, 5.41) is 7.09. The molecule has 0 aliphatic rings. The first-order valence-corrected chi connectivity index (χ1v) is 42.0. The minimum atomic E-state index is 0.0196. The van der Waals surface area contributed by atoms with Crippen molar-refractivity contribution < 1.29 is 8.83 Å². The third-order valence-corrected chi connectivity index (χ3v) is 24.4. The first-order valence-electron chi connectivity index (χ1n) is 42.0. The summed E-state index contributed by atoms with van der Waals surface area (Å²) in [5.41, 5.74) is 37.8. The lowest BCUT2D eigenvalue weighted by Gasteiger charge is -2.23. The van der Waals surface area contributed by atoms with Crippen LogP contribution >= 0.6 is 0 Å². The van der Waals surface area contributed by atoms with Gasteiger partial charge in [-0.15, -0.1) is 0 Å². The van der Waals surface area contributed by atoms with Gasteiger partial charge < -0.3 is 8.83 Å². The van der Waals surface area contributed by atoms with E-state index in [4.69, 9.17) is 8.83 Å². The van der Waals surface area contributed by atoms with E-state index in [0.717, 1.165) is 43.9 Å². The molecule has 1 unspecified atom stereocenters. The van der Waals surface area contributed by atoms with E-state index < -0.39 is 0 Å². The van der Waals surface area contributed by atoms with Gasteiger partial charge in [0.1, 0.15) is 22.3 Å². The number of hydrogen-bond acceptors (Lipinski definition) is 2. The average Bonchev–Trinajstić information content (AvgIpc) is 1.26. The van der Waals surface area contributed by atoms with Crippen molar-refractivity contribution in [1.82, 2.24) is 0 Å². The van der Waals surface area contributed by atoms with Gasteiger partial charge in [-0.25, -0.2) is 0 Å².